The van der Waals surface area contributed by atoms with Crippen LogP contribution in [0.4, 0.5) is 5.69 Å². The molecule has 0 saturated carbocycles. The quantitative estimate of drug-likeness (QED) is 0.896. The molecule has 2 unspecified atom stereocenters. The Labute approximate surface area is 125 Å². The lowest BCUT2D eigenvalue weighted by Gasteiger charge is -2.29. The lowest BCUT2D eigenvalue weighted by molar-refractivity contribution is -0.117. The summed E-state index contributed by atoms with van der Waals surface area (Å²) in [6.07, 6.45) is 2.89. The molecule has 1 saturated heterocycles. The number of rotatable bonds is 3. The van der Waals surface area contributed by atoms with Crippen molar-refractivity contribution in [2.24, 2.45) is 5.92 Å². The number of ether oxygens (including phenoxy) is 2. The molecule has 2 heterocycles. The van der Waals surface area contributed by atoms with Crippen LogP contribution < -0.4 is 20.1 Å². The molecule has 5 heteroatoms. The van der Waals surface area contributed by atoms with Crippen LogP contribution in [0.5, 0.6) is 11.5 Å². The molecule has 114 valence electrons. The van der Waals surface area contributed by atoms with Crippen molar-refractivity contribution in [2.75, 3.05) is 25.1 Å². The number of fused-ring (bicyclic) bond motifs is 1. The minimum atomic E-state index is 0.0397. The number of hydrogen-bond donors (Lipinski definition) is 2. The van der Waals surface area contributed by atoms with E-state index in [9.17, 15) is 4.79 Å². The summed E-state index contributed by atoms with van der Waals surface area (Å²) in [4.78, 5) is 12.2. The van der Waals surface area contributed by atoms with Crippen LogP contribution in [0.3, 0.4) is 0 Å². The Kier molecular flexibility index (Phi) is 4.29. The first-order chi connectivity index (χ1) is 10.2. The number of anilines is 1. The van der Waals surface area contributed by atoms with Gasteiger partial charge in [-0.1, -0.05) is 6.92 Å². The second-order valence-electron chi connectivity index (χ2n) is 5.79. The van der Waals surface area contributed by atoms with Gasteiger partial charge in [0.1, 0.15) is 13.2 Å². The highest BCUT2D eigenvalue weighted by atomic mass is 16.6. The summed E-state index contributed by atoms with van der Waals surface area (Å²) in [5.74, 6) is 2.02. The molecule has 1 fully saturated rings. The molecule has 5 nitrogen and oxygen atoms in total. The number of benzene rings is 1. The molecule has 21 heavy (non-hydrogen) atoms. The topological polar surface area (TPSA) is 59.6 Å². The van der Waals surface area contributed by atoms with Gasteiger partial charge in [0.05, 0.1) is 0 Å². The number of piperidine rings is 1. The summed E-state index contributed by atoms with van der Waals surface area (Å²) in [5.41, 5.74) is 0.757. The third-order valence-electron chi connectivity index (χ3n) is 4.16. The Morgan fingerprint density at radius 3 is 2.95 bits per heavy atom. The van der Waals surface area contributed by atoms with E-state index in [2.05, 4.69) is 17.6 Å². The molecule has 0 aromatic heterocycles. The van der Waals surface area contributed by atoms with Gasteiger partial charge < -0.3 is 20.1 Å². The van der Waals surface area contributed by atoms with Gasteiger partial charge in [-0.25, -0.2) is 0 Å². The highest BCUT2D eigenvalue weighted by Gasteiger charge is 2.23. The van der Waals surface area contributed by atoms with E-state index >= 15 is 0 Å². The van der Waals surface area contributed by atoms with Gasteiger partial charge in [-0.05, 0) is 37.4 Å². The second-order valence-corrected chi connectivity index (χ2v) is 5.79. The lowest BCUT2D eigenvalue weighted by atomic mass is 9.90. The van der Waals surface area contributed by atoms with Gasteiger partial charge in [0.2, 0.25) is 5.91 Å². The molecule has 2 N–H and O–H groups in total. The number of carbonyl (C=O) groups is 1. The SMILES string of the molecule is CC1CCCNC1CC(=O)Nc1ccc2c(c1)OCCO2. The van der Waals surface area contributed by atoms with Crippen LogP contribution in [-0.2, 0) is 4.79 Å². The van der Waals surface area contributed by atoms with E-state index in [1.54, 1.807) is 0 Å². The molecule has 1 aromatic rings. The fraction of sp³-hybridized carbons (Fsp3) is 0.562. The highest BCUT2D eigenvalue weighted by Crippen LogP contribution is 2.32. The third-order valence-corrected chi connectivity index (χ3v) is 4.16. The Balaban J connectivity index is 1.59. The lowest BCUT2D eigenvalue weighted by Crippen LogP contribution is -2.42. The predicted octanol–water partition coefficient (Wildman–Crippen LogP) is 2.17. The largest absolute Gasteiger partial charge is 0.486 e. The zero-order valence-corrected chi connectivity index (χ0v) is 12.4. The predicted molar refractivity (Wildman–Crippen MR) is 80.9 cm³/mol. The molecule has 0 bridgehead atoms. The molecular formula is C16H22N2O3. The minimum absolute atomic E-state index is 0.0397. The van der Waals surface area contributed by atoms with E-state index in [-0.39, 0.29) is 11.9 Å². The Bertz CT molecular complexity index is 518. The Morgan fingerprint density at radius 1 is 1.33 bits per heavy atom. The number of carbonyl (C=O) groups excluding carboxylic acids is 1. The second kappa shape index (κ2) is 6.35. The van der Waals surface area contributed by atoms with Crippen LogP contribution in [0.1, 0.15) is 26.2 Å². The monoisotopic (exact) mass is 290 g/mol. The van der Waals surface area contributed by atoms with Crippen LogP contribution in [0.15, 0.2) is 18.2 Å². The van der Waals surface area contributed by atoms with Crippen molar-refractivity contribution in [3.63, 3.8) is 0 Å². The van der Waals surface area contributed by atoms with E-state index in [1.807, 2.05) is 18.2 Å². The standard InChI is InChI=1S/C16H22N2O3/c1-11-3-2-6-17-13(11)10-16(19)18-12-4-5-14-15(9-12)21-8-7-20-14/h4-5,9,11,13,17H,2-3,6-8,10H2,1H3,(H,18,19). The van der Waals surface area contributed by atoms with Crippen LogP contribution in [0.25, 0.3) is 0 Å². The maximum absolute atomic E-state index is 12.2. The van der Waals surface area contributed by atoms with Crippen LogP contribution in [0.2, 0.25) is 0 Å². The fourth-order valence-corrected chi connectivity index (χ4v) is 2.92. The van der Waals surface area contributed by atoms with E-state index in [0.29, 0.717) is 31.3 Å². The normalized spacial score (nSPS) is 24.4. The molecule has 2 aliphatic heterocycles. The number of nitrogens with one attached hydrogen (secondary N) is 2. The van der Waals surface area contributed by atoms with E-state index < -0.39 is 0 Å². The first kappa shape index (κ1) is 14.2. The van der Waals surface area contributed by atoms with Crippen molar-refractivity contribution >= 4 is 11.6 Å². The van der Waals surface area contributed by atoms with Crippen molar-refractivity contribution in [2.45, 2.75) is 32.2 Å². The van der Waals surface area contributed by atoms with Gasteiger partial charge in [-0.3, -0.25) is 4.79 Å². The summed E-state index contributed by atoms with van der Waals surface area (Å²) in [6, 6.07) is 5.79. The smallest absolute Gasteiger partial charge is 0.225 e. The summed E-state index contributed by atoms with van der Waals surface area (Å²) in [5, 5.41) is 6.38. The molecule has 0 aliphatic carbocycles. The van der Waals surface area contributed by atoms with Crippen molar-refractivity contribution in [3.05, 3.63) is 18.2 Å². The molecular weight excluding hydrogens is 268 g/mol. The van der Waals surface area contributed by atoms with Crippen LogP contribution in [-0.4, -0.2) is 31.7 Å². The molecule has 3 rings (SSSR count). The zero-order chi connectivity index (χ0) is 14.7. The van der Waals surface area contributed by atoms with Gasteiger partial charge in [-0.2, -0.15) is 0 Å². The number of amides is 1. The van der Waals surface area contributed by atoms with Crippen molar-refractivity contribution in [1.82, 2.24) is 5.32 Å². The molecule has 1 amide bonds. The minimum Gasteiger partial charge on any atom is -0.486 e. The highest BCUT2D eigenvalue weighted by molar-refractivity contribution is 5.91. The van der Waals surface area contributed by atoms with Gasteiger partial charge in [0, 0.05) is 24.2 Å². The van der Waals surface area contributed by atoms with Crippen molar-refractivity contribution in [3.8, 4) is 11.5 Å². The van der Waals surface area contributed by atoms with Crippen LogP contribution >= 0.6 is 0 Å². The Morgan fingerprint density at radius 2 is 2.14 bits per heavy atom. The molecule has 0 radical (unpaired) electrons. The van der Waals surface area contributed by atoms with E-state index in [1.165, 1.54) is 12.8 Å². The van der Waals surface area contributed by atoms with E-state index in [0.717, 1.165) is 18.0 Å². The Hall–Kier alpha value is -1.75. The summed E-state index contributed by atoms with van der Waals surface area (Å²) in [6.45, 7) is 4.33. The summed E-state index contributed by atoms with van der Waals surface area (Å²) in [7, 11) is 0. The maximum Gasteiger partial charge on any atom is 0.225 e. The first-order valence-corrected chi connectivity index (χ1v) is 7.65. The zero-order valence-electron chi connectivity index (χ0n) is 12.4. The summed E-state index contributed by atoms with van der Waals surface area (Å²) >= 11 is 0. The average Bonchev–Trinajstić information content (AvgIpc) is 2.49. The van der Waals surface area contributed by atoms with Gasteiger partial charge in [0.25, 0.3) is 0 Å². The van der Waals surface area contributed by atoms with Crippen LogP contribution in [0, 0.1) is 5.92 Å². The van der Waals surface area contributed by atoms with Gasteiger partial charge >= 0.3 is 0 Å². The fourth-order valence-electron chi connectivity index (χ4n) is 2.92. The molecule has 2 atom stereocenters. The number of hydrogen-bond acceptors (Lipinski definition) is 4. The molecule has 1 aromatic carbocycles. The maximum atomic E-state index is 12.2. The third kappa shape index (κ3) is 3.47. The van der Waals surface area contributed by atoms with Crippen molar-refractivity contribution in [1.29, 1.82) is 0 Å². The summed E-state index contributed by atoms with van der Waals surface area (Å²) < 4.78 is 11.0. The van der Waals surface area contributed by atoms with Gasteiger partial charge in [0.15, 0.2) is 11.5 Å². The van der Waals surface area contributed by atoms with E-state index in [4.69, 9.17) is 9.47 Å². The average molecular weight is 290 g/mol. The van der Waals surface area contributed by atoms with Gasteiger partial charge in [-0.15, -0.1) is 0 Å². The van der Waals surface area contributed by atoms with Crippen molar-refractivity contribution < 1.29 is 14.3 Å². The molecule has 2 aliphatic rings. The molecule has 0 spiro atoms. The first-order valence-electron chi connectivity index (χ1n) is 7.65.